The smallest absolute Gasteiger partial charge is 0.253 e. The molecule has 0 atom stereocenters. The molecule has 0 spiro atoms. The number of hydrogen-bond donors (Lipinski definition) is 1. The van der Waals surface area contributed by atoms with Gasteiger partial charge < -0.3 is 15.1 Å². The minimum Gasteiger partial charge on any atom is -0.348 e. The molecular weight excluding hydrogens is 350 g/mol. The number of nitrogens with zero attached hydrogens (tertiary/aromatic N) is 2. The van der Waals surface area contributed by atoms with E-state index in [0.717, 1.165) is 18.7 Å². The second-order valence-electron chi connectivity index (χ2n) is 6.49. The zero-order valence-electron chi connectivity index (χ0n) is 14.7. The first-order valence-corrected chi connectivity index (χ1v) is 9.01. The van der Waals surface area contributed by atoms with Gasteiger partial charge in [0.25, 0.3) is 11.8 Å². The number of amides is 2. The molecule has 1 aliphatic heterocycles. The Kier molecular flexibility index (Phi) is 5.91. The molecule has 1 N–H and O–H groups in total. The highest BCUT2D eigenvalue weighted by atomic mass is 35.5. The normalized spacial score (nSPS) is 14.9. The fourth-order valence-electron chi connectivity index (χ4n) is 2.87. The lowest BCUT2D eigenvalue weighted by molar-refractivity contribution is 0.0664. The number of likely N-dealkylation sites (N-methyl/N-ethyl adjacent to an activating group) is 1. The first kappa shape index (κ1) is 18.4. The summed E-state index contributed by atoms with van der Waals surface area (Å²) in [4.78, 5) is 29.1. The molecule has 0 radical (unpaired) electrons. The van der Waals surface area contributed by atoms with Gasteiger partial charge in [0.15, 0.2) is 0 Å². The topological polar surface area (TPSA) is 52.7 Å². The first-order chi connectivity index (χ1) is 12.5. The molecule has 1 saturated heterocycles. The zero-order valence-corrected chi connectivity index (χ0v) is 15.5. The molecule has 0 unspecified atom stereocenters. The highest BCUT2D eigenvalue weighted by Crippen LogP contribution is 2.12. The molecule has 3 rings (SSSR count). The van der Waals surface area contributed by atoms with Crippen LogP contribution < -0.4 is 5.32 Å². The van der Waals surface area contributed by atoms with E-state index >= 15 is 0 Å². The Hall–Kier alpha value is -2.37. The average Bonchev–Trinajstić information content (AvgIpc) is 2.67. The van der Waals surface area contributed by atoms with Gasteiger partial charge in [-0.3, -0.25) is 9.59 Å². The van der Waals surface area contributed by atoms with Crippen LogP contribution in [0.1, 0.15) is 26.3 Å². The van der Waals surface area contributed by atoms with Gasteiger partial charge in [-0.05, 0) is 42.9 Å². The predicted molar refractivity (Wildman–Crippen MR) is 102 cm³/mol. The summed E-state index contributed by atoms with van der Waals surface area (Å²) in [7, 11) is 2.05. The fourth-order valence-corrected chi connectivity index (χ4v) is 3.00. The summed E-state index contributed by atoms with van der Waals surface area (Å²) in [6.45, 7) is 3.57. The molecule has 1 heterocycles. The van der Waals surface area contributed by atoms with E-state index in [-0.39, 0.29) is 11.8 Å². The number of carbonyl (C=O) groups is 2. The van der Waals surface area contributed by atoms with E-state index in [1.165, 1.54) is 0 Å². The molecule has 2 aromatic rings. The SMILES string of the molecule is CN1CCN(C(=O)c2cccc(C(=O)NCc3ccc(Cl)cc3)c2)CC1. The van der Waals surface area contributed by atoms with Gasteiger partial charge in [-0.1, -0.05) is 29.8 Å². The predicted octanol–water partition coefficient (Wildman–Crippen LogP) is 2.66. The van der Waals surface area contributed by atoms with Crippen molar-refractivity contribution >= 4 is 23.4 Å². The summed E-state index contributed by atoms with van der Waals surface area (Å²) in [5, 5.41) is 3.53. The number of carbonyl (C=O) groups excluding carboxylic acids is 2. The minimum absolute atomic E-state index is 0.0227. The largest absolute Gasteiger partial charge is 0.348 e. The zero-order chi connectivity index (χ0) is 18.5. The number of piperazine rings is 1. The Labute approximate surface area is 158 Å². The van der Waals surface area contributed by atoms with Crippen molar-refractivity contribution in [2.45, 2.75) is 6.54 Å². The Balaban J connectivity index is 1.63. The second-order valence-corrected chi connectivity index (χ2v) is 6.92. The van der Waals surface area contributed by atoms with Crippen molar-refractivity contribution in [3.05, 3.63) is 70.2 Å². The highest BCUT2D eigenvalue weighted by Gasteiger charge is 2.21. The number of hydrogen-bond acceptors (Lipinski definition) is 3. The van der Waals surface area contributed by atoms with Crippen LogP contribution in [0.3, 0.4) is 0 Å². The van der Waals surface area contributed by atoms with Crippen LogP contribution in [-0.2, 0) is 6.54 Å². The summed E-state index contributed by atoms with van der Waals surface area (Å²) in [6, 6.07) is 14.2. The molecule has 2 amide bonds. The molecule has 5 nitrogen and oxygen atoms in total. The maximum atomic E-state index is 12.7. The van der Waals surface area contributed by atoms with Gasteiger partial charge in [-0.25, -0.2) is 0 Å². The van der Waals surface area contributed by atoms with Crippen molar-refractivity contribution in [1.82, 2.24) is 15.1 Å². The Morgan fingerprint density at radius 3 is 2.35 bits per heavy atom. The molecule has 6 heteroatoms. The van der Waals surface area contributed by atoms with Crippen LogP contribution in [0.4, 0.5) is 0 Å². The minimum atomic E-state index is -0.201. The van der Waals surface area contributed by atoms with E-state index in [1.807, 2.05) is 24.1 Å². The summed E-state index contributed by atoms with van der Waals surface area (Å²) in [6.07, 6.45) is 0. The Morgan fingerprint density at radius 2 is 1.65 bits per heavy atom. The van der Waals surface area contributed by atoms with Crippen molar-refractivity contribution < 1.29 is 9.59 Å². The highest BCUT2D eigenvalue weighted by molar-refractivity contribution is 6.30. The summed E-state index contributed by atoms with van der Waals surface area (Å²) < 4.78 is 0. The third kappa shape index (κ3) is 4.62. The Morgan fingerprint density at radius 1 is 1.00 bits per heavy atom. The standard InChI is InChI=1S/C20H22ClN3O2/c1-23-9-11-24(12-10-23)20(26)17-4-2-3-16(13-17)19(25)22-14-15-5-7-18(21)8-6-15/h2-8,13H,9-12,14H2,1H3,(H,22,25). The molecule has 0 bridgehead atoms. The van der Waals surface area contributed by atoms with E-state index in [1.54, 1.807) is 36.4 Å². The lowest BCUT2D eigenvalue weighted by Gasteiger charge is -2.32. The van der Waals surface area contributed by atoms with Crippen LogP contribution in [0.15, 0.2) is 48.5 Å². The molecular formula is C20H22ClN3O2. The quantitative estimate of drug-likeness (QED) is 0.899. The van der Waals surface area contributed by atoms with Crippen LogP contribution in [-0.4, -0.2) is 54.8 Å². The van der Waals surface area contributed by atoms with Gasteiger partial charge in [0.1, 0.15) is 0 Å². The molecule has 2 aromatic carbocycles. The maximum Gasteiger partial charge on any atom is 0.253 e. The van der Waals surface area contributed by atoms with E-state index in [4.69, 9.17) is 11.6 Å². The van der Waals surface area contributed by atoms with E-state index in [2.05, 4.69) is 10.2 Å². The van der Waals surface area contributed by atoms with Crippen molar-refractivity contribution in [2.24, 2.45) is 0 Å². The van der Waals surface area contributed by atoms with Gasteiger partial charge in [-0.15, -0.1) is 0 Å². The molecule has 0 saturated carbocycles. The van der Waals surface area contributed by atoms with Gasteiger partial charge >= 0.3 is 0 Å². The molecule has 136 valence electrons. The van der Waals surface area contributed by atoms with Crippen LogP contribution in [0.25, 0.3) is 0 Å². The molecule has 26 heavy (non-hydrogen) atoms. The number of nitrogens with one attached hydrogen (secondary N) is 1. The molecule has 1 fully saturated rings. The van der Waals surface area contributed by atoms with E-state index < -0.39 is 0 Å². The van der Waals surface area contributed by atoms with Gasteiger partial charge in [0, 0.05) is 48.9 Å². The van der Waals surface area contributed by atoms with Crippen molar-refractivity contribution in [3.8, 4) is 0 Å². The maximum absolute atomic E-state index is 12.7. The fraction of sp³-hybridized carbons (Fsp3) is 0.300. The van der Waals surface area contributed by atoms with E-state index in [9.17, 15) is 9.59 Å². The summed E-state index contributed by atoms with van der Waals surface area (Å²) in [5.41, 5.74) is 2.00. The third-order valence-corrected chi connectivity index (χ3v) is 4.78. The lowest BCUT2D eigenvalue weighted by Crippen LogP contribution is -2.47. The van der Waals surface area contributed by atoms with Crippen molar-refractivity contribution in [3.63, 3.8) is 0 Å². The van der Waals surface area contributed by atoms with Crippen LogP contribution in [0, 0.1) is 0 Å². The monoisotopic (exact) mass is 371 g/mol. The van der Waals surface area contributed by atoms with Crippen molar-refractivity contribution in [1.29, 1.82) is 0 Å². The number of halogens is 1. The van der Waals surface area contributed by atoms with Crippen LogP contribution in [0.5, 0.6) is 0 Å². The summed E-state index contributed by atoms with van der Waals surface area (Å²) in [5.74, 6) is -0.224. The second kappa shape index (κ2) is 8.34. The van der Waals surface area contributed by atoms with E-state index in [0.29, 0.717) is 35.8 Å². The number of benzene rings is 2. The lowest BCUT2D eigenvalue weighted by atomic mass is 10.1. The van der Waals surface area contributed by atoms with Crippen molar-refractivity contribution in [2.75, 3.05) is 33.2 Å². The average molecular weight is 372 g/mol. The number of rotatable bonds is 4. The first-order valence-electron chi connectivity index (χ1n) is 8.63. The third-order valence-electron chi connectivity index (χ3n) is 4.53. The molecule has 0 aliphatic carbocycles. The van der Waals surface area contributed by atoms with Gasteiger partial charge in [0.05, 0.1) is 0 Å². The molecule has 1 aliphatic rings. The van der Waals surface area contributed by atoms with Gasteiger partial charge in [0.2, 0.25) is 0 Å². The summed E-state index contributed by atoms with van der Waals surface area (Å²) >= 11 is 5.86. The van der Waals surface area contributed by atoms with Crippen LogP contribution >= 0.6 is 11.6 Å². The molecule has 0 aromatic heterocycles. The van der Waals surface area contributed by atoms with Crippen LogP contribution in [0.2, 0.25) is 5.02 Å². The van der Waals surface area contributed by atoms with Gasteiger partial charge in [-0.2, -0.15) is 0 Å². The Bertz CT molecular complexity index is 784.